The summed E-state index contributed by atoms with van der Waals surface area (Å²) in [7, 11) is 0. The Bertz CT molecular complexity index is 1170. The van der Waals surface area contributed by atoms with E-state index in [0.29, 0.717) is 30.5 Å². The largest absolute Gasteiger partial charge is 0.352 e. The molecule has 1 fully saturated rings. The number of rotatable bonds is 5. The number of fused-ring (bicyclic) bond motifs is 1. The standard InChI is InChI=1S/C26H26FN3O3/c27-21-8-3-7-20(15-21)24(31)28-16-17-11-13-19(14-12-17)25(32)29-30-26(33)23-10-4-6-18-5-1-2-9-22(18)23/h1-10,15,17,19H,11-14,16H2,(H,28,31)(H,29,32)(H,30,33). The van der Waals surface area contributed by atoms with Gasteiger partial charge >= 0.3 is 0 Å². The third-order valence-electron chi connectivity index (χ3n) is 6.19. The maximum atomic E-state index is 13.3. The molecule has 0 bridgehead atoms. The average Bonchev–Trinajstić information content (AvgIpc) is 2.85. The van der Waals surface area contributed by atoms with Crippen LogP contribution in [-0.4, -0.2) is 24.3 Å². The molecule has 1 aliphatic carbocycles. The van der Waals surface area contributed by atoms with Gasteiger partial charge < -0.3 is 5.32 Å². The quantitative estimate of drug-likeness (QED) is 0.517. The summed E-state index contributed by atoms with van der Waals surface area (Å²) in [5.41, 5.74) is 5.90. The van der Waals surface area contributed by atoms with Crippen LogP contribution in [0.3, 0.4) is 0 Å². The topological polar surface area (TPSA) is 87.3 Å². The van der Waals surface area contributed by atoms with Crippen molar-refractivity contribution in [2.45, 2.75) is 25.7 Å². The smallest absolute Gasteiger partial charge is 0.270 e. The number of hydrogen-bond donors (Lipinski definition) is 3. The van der Waals surface area contributed by atoms with Crippen molar-refractivity contribution in [3.63, 3.8) is 0 Å². The summed E-state index contributed by atoms with van der Waals surface area (Å²) >= 11 is 0. The lowest BCUT2D eigenvalue weighted by Crippen LogP contribution is -2.45. The van der Waals surface area contributed by atoms with Crippen LogP contribution in [0.15, 0.2) is 66.7 Å². The molecule has 0 unspecified atom stereocenters. The SMILES string of the molecule is O=C(NCC1CCC(C(=O)NNC(=O)c2cccc3ccccc23)CC1)c1cccc(F)c1. The van der Waals surface area contributed by atoms with Crippen molar-refractivity contribution >= 4 is 28.5 Å². The van der Waals surface area contributed by atoms with E-state index in [-0.39, 0.29) is 29.6 Å². The number of nitrogens with one attached hydrogen (secondary N) is 3. The molecule has 0 aromatic heterocycles. The molecule has 3 N–H and O–H groups in total. The Morgan fingerprint density at radius 3 is 2.33 bits per heavy atom. The molecular weight excluding hydrogens is 421 g/mol. The Balaban J connectivity index is 1.22. The summed E-state index contributed by atoms with van der Waals surface area (Å²) in [5, 5.41) is 4.63. The monoisotopic (exact) mass is 447 g/mol. The van der Waals surface area contributed by atoms with Crippen molar-refractivity contribution in [1.29, 1.82) is 0 Å². The highest BCUT2D eigenvalue weighted by Gasteiger charge is 2.27. The van der Waals surface area contributed by atoms with Gasteiger partial charge in [-0.2, -0.15) is 0 Å². The van der Waals surface area contributed by atoms with Crippen molar-refractivity contribution < 1.29 is 18.8 Å². The molecule has 170 valence electrons. The Labute approximate surface area is 191 Å². The second-order valence-electron chi connectivity index (χ2n) is 8.41. The van der Waals surface area contributed by atoms with Gasteiger partial charge in [0.15, 0.2) is 0 Å². The molecule has 3 aromatic rings. The van der Waals surface area contributed by atoms with E-state index in [1.807, 2.05) is 36.4 Å². The zero-order chi connectivity index (χ0) is 23.2. The Morgan fingerprint density at radius 1 is 0.818 bits per heavy atom. The van der Waals surface area contributed by atoms with Gasteiger partial charge in [0.25, 0.3) is 11.8 Å². The fraction of sp³-hybridized carbons (Fsp3) is 0.269. The number of hydrazine groups is 1. The Morgan fingerprint density at radius 2 is 1.55 bits per heavy atom. The lowest BCUT2D eigenvalue weighted by molar-refractivity contribution is -0.127. The van der Waals surface area contributed by atoms with Gasteiger partial charge in [-0.05, 0) is 66.6 Å². The maximum Gasteiger partial charge on any atom is 0.270 e. The van der Waals surface area contributed by atoms with Crippen LogP contribution in [0, 0.1) is 17.7 Å². The molecule has 1 aliphatic rings. The lowest BCUT2D eigenvalue weighted by Gasteiger charge is -2.28. The minimum absolute atomic E-state index is 0.187. The van der Waals surface area contributed by atoms with E-state index in [1.165, 1.54) is 18.2 Å². The Kier molecular flexibility index (Phi) is 6.98. The van der Waals surface area contributed by atoms with E-state index in [4.69, 9.17) is 0 Å². The molecule has 1 saturated carbocycles. The first-order chi connectivity index (χ1) is 16.0. The highest BCUT2D eigenvalue weighted by Crippen LogP contribution is 2.28. The van der Waals surface area contributed by atoms with Crippen LogP contribution < -0.4 is 16.2 Å². The van der Waals surface area contributed by atoms with Crippen molar-refractivity contribution in [2.75, 3.05) is 6.54 Å². The molecule has 6 nitrogen and oxygen atoms in total. The van der Waals surface area contributed by atoms with Crippen LogP contribution in [0.1, 0.15) is 46.4 Å². The predicted molar refractivity (Wildman–Crippen MR) is 124 cm³/mol. The molecule has 0 heterocycles. The van der Waals surface area contributed by atoms with Crippen LogP contribution in [0.2, 0.25) is 0 Å². The number of benzene rings is 3. The van der Waals surface area contributed by atoms with E-state index in [1.54, 1.807) is 12.1 Å². The zero-order valence-corrected chi connectivity index (χ0v) is 18.1. The third-order valence-corrected chi connectivity index (χ3v) is 6.19. The van der Waals surface area contributed by atoms with Gasteiger partial charge in [0.2, 0.25) is 5.91 Å². The average molecular weight is 448 g/mol. The lowest BCUT2D eigenvalue weighted by atomic mass is 9.81. The molecule has 3 aromatic carbocycles. The number of halogens is 1. The van der Waals surface area contributed by atoms with Crippen molar-refractivity contribution in [3.05, 3.63) is 83.7 Å². The number of amides is 3. The van der Waals surface area contributed by atoms with E-state index in [9.17, 15) is 18.8 Å². The van der Waals surface area contributed by atoms with Gasteiger partial charge in [0.1, 0.15) is 5.82 Å². The number of carbonyl (C=O) groups excluding carboxylic acids is 3. The molecule has 0 radical (unpaired) electrons. The third kappa shape index (κ3) is 5.55. The predicted octanol–water partition coefficient (Wildman–Crippen LogP) is 3.98. The van der Waals surface area contributed by atoms with Gasteiger partial charge in [-0.1, -0.05) is 42.5 Å². The highest BCUT2D eigenvalue weighted by atomic mass is 19.1. The molecule has 3 amide bonds. The van der Waals surface area contributed by atoms with Gasteiger partial charge in [-0.3, -0.25) is 25.2 Å². The first-order valence-corrected chi connectivity index (χ1v) is 11.1. The molecule has 7 heteroatoms. The first kappa shape index (κ1) is 22.5. The molecule has 0 saturated heterocycles. The Hall–Kier alpha value is -3.74. The van der Waals surface area contributed by atoms with Crippen LogP contribution in [0.5, 0.6) is 0 Å². The molecular formula is C26H26FN3O3. The summed E-state index contributed by atoms with van der Waals surface area (Å²) in [6.45, 7) is 0.488. The van der Waals surface area contributed by atoms with Gasteiger partial charge in [-0.25, -0.2) is 4.39 Å². The fourth-order valence-corrected chi connectivity index (χ4v) is 4.31. The summed E-state index contributed by atoms with van der Waals surface area (Å²) < 4.78 is 13.3. The van der Waals surface area contributed by atoms with E-state index < -0.39 is 5.82 Å². The normalized spacial score (nSPS) is 17.8. The molecule has 0 atom stereocenters. The summed E-state index contributed by atoms with van der Waals surface area (Å²) in [4.78, 5) is 37.3. The summed E-state index contributed by atoms with van der Waals surface area (Å²) in [5.74, 6) is -1.23. The zero-order valence-electron chi connectivity index (χ0n) is 18.1. The second-order valence-corrected chi connectivity index (χ2v) is 8.41. The van der Waals surface area contributed by atoms with Gasteiger partial charge in [0, 0.05) is 23.6 Å². The fourth-order valence-electron chi connectivity index (χ4n) is 4.31. The maximum absolute atomic E-state index is 13.3. The van der Waals surface area contributed by atoms with E-state index in [0.717, 1.165) is 23.6 Å². The molecule has 0 spiro atoms. The van der Waals surface area contributed by atoms with Crippen molar-refractivity contribution in [2.24, 2.45) is 11.8 Å². The molecule has 0 aliphatic heterocycles. The minimum Gasteiger partial charge on any atom is -0.352 e. The number of hydrogen-bond acceptors (Lipinski definition) is 3. The minimum atomic E-state index is -0.443. The van der Waals surface area contributed by atoms with Gasteiger partial charge in [0.05, 0.1) is 0 Å². The number of carbonyl (C=O) groups is 3. The van der Waals surface area contributed by atoms with E-state index in [2.05, 4.69) is 16.2 Å². The van der Waals surface area contributed by atoms with E-state index >= 15 is 0 Å². The van der Waals surface area contributed by atoms with Crippen LogP contribution in [-0.2, 0) is 4.79 Å². The molecule has 4 rings (SSSR count). The van der Waals surface area contributed by atoms with Crippen molar-refractivity contribution in [1.82, 2.24) is 16.2 Å². The molecule has 33 heavy (non-hydrogen) atoms. The second kappa shape index (κ2) is 10.3. The highest BCUT2D eigenvalue weighted by molar-refractivity contribution is 6.07. The summed E-state index contributed by atoms with van der Waals surface area (Å²) in [6, 6.07) is 18.7. The van der Waals surface area contributed by atoms with Crippen molar-refractivity contribution in [3.8, 4) is 0 Å². The van der Waals surface area contributed by atoms with Gasteiger partial charge in [-0.15, -0.1) is 0 Å². The first-order valence-electron chi connectivity index (χ1n) is 11.1. The van der Waals surface area contributed by atoms with Crippen LogP contribution >= 0.6 is 0 Å². The van der Waals surface area contributed by atoms with Crippen LogP contribution in [0.25, 0.3) is 10.8 Å². The van der Waals surface area contributed by atoms with Crippen LogP contribution in [0.4, 0.5) is 4.39 Å². The summed E-state index contributed by atoms with van der Waals surface area (Å²) in [6.07, 6.45) is 2.94.